The number of halogens is 2. The van der Waals surface area contributed by atoms with Gasteiger partial charge in [0.15, 0.2) is 0 Å². The summed E-state index contributed by atoms with van der Waals surface area (Å²) in [6.07, 6.45) is 2.23. The maximum atomic E-state index is 12.7. The summed E-state index contributed by atoms with van der Waals surface area (Å²) in [4.78, 5) is 14.6. The zero-order chi connectivity index (χ0) is 21.7. The Labute approximate surface area is 187 Å². The molecule has 2 atom stereocenters. The number of likely N-dealkylation sites (tertiary alicyclic amines) is 1. The fourth-order valence-corrected chi connectivity index (χ4v) is 5.63. The molecule has 2 fully saturated rings. The van der Waals surface area contributed by atoms with E-state index in [9.17, 15) is 13.2 Å². The van der Waals surface area contributed by atoms with Crippen LogP contribution in [0.4, 0.5) is 5.69 Å². The van der Waals surface area contributed by atoms with E-state index in [2.05, 4.69) is 11.6 Å². The molecule has 5 nitrogen and oxygen atoms in total. The molecule has 160 valence electrons. The van der Waals surface area contributed by atoms with Crippen LogP contribution in [0.25, 0.3) is 0 Å². The van der Waals surface area contributed by atoms with Crippen molar-refractivity contribution in [1.82, 2.24) is 4.90 Å². The predicted molar refractivity (Wildman–Crippen MR) is 121 cm³/mol. The highest BCUT2D eigenvalue weighted by Crippen LogP contribution is 2.63. The van der Waals surface area contributed by atoms with Gasteiger partial charge in [-0.3, -0.25) is 9.52 Å². The normalized spacial score (nSPS) is 25.1. The van der Waals surface area contributed by atoms with Crippen molar-refractivity contribution >= 4 is 44.8 Å². The van der Waals surface area contributed by atoms with Crippen LogP contribution >= 0.6 is 23.2 Å². The summed E-state index contributed by atoms with van der Waals surface area (Å²) in [5.74, 6) is 0.961. The van der Waals surface area contributed by atoms with Crippen LogP contribution in [0.15, 0.2) is 42.5 Å². The lowest BCUT2D eigenvalue weighted by molar-refractivity contribution is -0.130. The summed E-state index contributed by atoms with van der Waals surface area (Å²) in [7, 11) is -3.31. The molecule has 4 rings (SSSR count). The molecule has 1 saturated heterocycles. The van der Waals surface area contributed by atoms with Gasteiger partial charge in [-0.05, 0) is 53.6 Å². The lowest BCUT2D eigenvalue weighted by Gasteiger charge is -2.25. The Morgan fingerprint density at radius 1 is 1.13 bits per heavy atom. The van der Waals surface area contributed by atoms with Crippen LogP contribution in [0.1, 0.15) is 24.5 Å². The Kier molecular flexibility index (Phi) is 5.54. The summed E-state index contributed by atoms with van der Waals surface area (Å²) in [6.45, 7) is 3.69. The molecule has 0 aromatic heterocycles. The van der Waals surface area contributed by atoms with Gasteiger partial charge in [-0.2, -0.15) is 0 Å². The van der Waals surface area contributed by atoms with Crippen LogP contribution < -0.4 is 4.72 Å². The minimum atomic E-state index is -3.31. The number of amides is 1. The van der Waals surface area contributed by atoms with Crippen LogP contribution in [0, 0.1) is 11.8 Å². The predicted octanol–water partition coefficient (Wildman–Crippen LogP) is 4.34. The minimum absolute atomic E-state index is 0.0182. The molecule has 2 aliphatic rings. The third-order valence-corrected chi connectivity index (χ3v) is 7.85. The first kappa shape index (κ1) is 21.5. The number of carbonyl (C=O) groups excluding carboxylic acids is 1. The van der Waals surface area contributed by atoms with Crippen molar-refractivity contribution in [3.8, 4) is 0 Å². The topological polar surface area (TPSA) is 66.5 Å². The van der Waals surface area contributed by atoms with Crippen LogP contribution in [-0.2, 0) is 26.7 Å². The maximum absolute atomic E-state index is 12.7. The minimum Gasteiger partial charge on any atom is -0.342 e. The summed E-state index contributed by atoms with van der Waals surface area (Å²) in [5.41, 5.74) is 2.68. The third-order valence-electron chi connectivity index (χ3n) is 6.50. The van der Waals surface area contributed by atoms with E-state index in [1.165, 1.54) is 0 Å². The number of sulfonamides is 1. The largest absolute Gasteiger partial charge is 0.342 e. The van der Waals surface area contributed by atoms with Crippen LogP contribution in [0.2, 0.25) is 10.0 Å². The Morgan fingerprint density at radius 2 is 1.83 bits per heavy atom. The van der Waals surface area contributed by atoms with Crippen molar-refractivity contribution in [3.63, 3.8) is 0 Å². The number of hydrogen-bond donors (Lipinski definition) is 1. The smallest absolute Gasteiger partial charge is 0.229 e. The van der Waals surface area contributed by atoms with Gasteiger partial charge in [0.25, 0.3) is 0 Å². The molecular weight excluding hydrogens is 443 g/mol. The van der Waals surface area contributed by atoms with Gasteiger partial charge in [0.05, 0.1) is 16.3 Å². The zero-order valence-corrected chi connectivity index (χ0v) is 19.2. The molecule has 1 saturated carbocycles. The number of nitrogens with zero attached hydrogens (tertiary/aromatic N) is 1. The van der Waals surface area contributed by atoms with E-state index in [1.807, 2.05) is 35.2 Å². The highest BCUT2D eigenvalue weighted by molar-refractivity contribution is 7.92. The molecular formula is C22H24Cl2N2O3S. The quantitative estimate of drug-likeness (QED) is 0.687. The van der Waals surface area contributed by atoms with Crippen molar-refractivity contribution < 1.29 is 13.2 Å². The van der Waals surface area contributed by atoms with E-state index in [1.54, 1.807) is 12.1 Å². The molecule has 8 heteroatoms. The van der Waals surface area contributed by atoms with Gasteiger partial charge in [-0.1, -0.05) is 48.3 Å². The fraction of sp³-hybridized carbons (Fsp3) is 0.409. The number of anilines is 1. The van der Waals surface area contributed by atoms with E-state index < -0.39 is 10.0 Å². The molecule has 1 N–H and O–H groups in total. The molecule has 1 heterocycles. The Morgan fingerprint density at radius 3 is 2.47 bits per heavy atom. The molecule has 0 spiro atoms. The Bertz CT molecular complexity index is 1090. The van der Waals surface area contributed by atoms with E-state index in [0.29, 0.717) is 40.4 Å². The number of piperidine rings is 1. The molecule has 0 radical (unpaired) electrons. The first-order valence-electron chi connectivity index (χ1n) is 9.88. The Balaban J connectivity index is 1.36. The molecule has 2 aromatic carbocycles. The van der Waals surface area contributed by atoms with Gasteiger partial charge in [0, 0.05) is 30.6 Å². The summed E-state index contributed by atoms with van der Waals surface area (Å²) >= 11 is 12.0. The van der Waals surface area contributed by atoms with Gasteiger partial charge in [0.1, 0.15) is 0 Å². The first-order valence-corrected chi connectivity index (χ1v) is 12.5. The lowest BCUT2D eigenvalue weighted by Crippen LogP contribution is -2.34. The molecule has 1 aliphatic heterocycles. The number of benzene rings is 2. The van der Waals surface area contributed by atoms with Crippen LogP contribution in [-0.4, -0.2) is 38.6 Å². The number of hydrogen-bond acceptors (Lipinski definition) is 3. The summed E-state index contributed by atoms with van der Waals surface area (Å²) in [5, 5.41) is 1.02. The third kappa shape index (κ3) is 4.18. The second kappa shape index (κ2) is 7.74. The van der Waals surface area contributed by atoms with Gasteiger partial charge >= 0.3 is 0 Å². The van der Waals surface area contributed by atoms with Crippen molar-refractivity contribution in [1.29, 1.82) is 0 Å². The second-order valence-electron chi connectivity index (χ2n) is 8.50. The van der Waals surface area contributed by atoms with Gasteiger partial charge in [0.2, 0.25) is 15.9 Å². The summed E-state index contributed by atoms with van der Waals surface area (Å²) < 4.78 is 25.6. The van der Waals surface area contributed by atoms with Crippen molar-refractivity contribution in [3.05, 3.63) is 63.6 Å². The van der Waals surface area contributed by atoms with Gasteiger partial charge in [-0.25, -0.2) is 8.42 Å². The second-order valence-corrected chi connectivity index (χ2v) is 11.1. The molecule has 2 aromatic rings. The number of aryl methyl sites for hydroxylation is 1. The number of rotatable bonds is 6. The van der Waals surface area contributed by atoms with E-state index in [4.69, 9.17) is 23.2 Å². The number of carbonyl (C=O) groups is 1. The average molecular weight is 467 g/mol. The van der Waals surface area contributed by atoms with Crippen molar-refractivity contribution in [2.75, 3.05) is 24.1 Å². The lowest BCUT2D eigenvalue weighted by atomic mass is 9.92. The van der Waals surface area contributed by atoms with Crippen LogP contribution in [0.3, 0.4) is 0 Å². The van der Waals surface area contributed by atoms with E-state index in [0.717, 1.165) is 30.5 Å². The molecule has 0 bridgehead atoms. The van der Waals surface area contributed by atoms with E-state index >= 15 is 0 Å². The van der Waals surface area contributed by atoms with Crippen molar-refractivity contribution in [2.45, 2.75) is 25.2 Å². The number of fused-ring (bicyclic) bond motifs is 1. The van der Waals surface area contributed by atoms with Gasteiger partial charge in [-0.15, -0.1) is 0 Å². The average Bonchev–Trinajstić information content (AvgIpc) is 3.02. The maximum Gasteiger partial charge on any atom is 0.229 e. The van der Waals surface area contributed by atoms with Crippen LogP contribution in [0.5, 0.6) is 0 Å². The molecule has 1 amide bonds. The van der Waals surface area contributed by atoms with Crippen molar-refractivity contribution in [2.24, 2.45) is 11.8 Å². The standard InChI is InChI=1S/C22H24Cl2N2O3S/c1-22(15-4-3-5-16(11-15)25-30(2,28)29)17-12-26(13-18(17)22)21(27)9-7-14-6-8-19(23)20(24)10-14/h3-6,8,10-11,17-18,25H,7,9,12-13H2,1-2H3. The summed E-state index contributed by atoms with van der Waals surface area (Å²) in [6, 6.07) is 13.1. The number of nitrogens with one attached hydrogen (secondary N) is 1. The van der Waals surface area contributed by atoms with Gasteiger partial charge < -0.3 is 4.90 Å². The molecule has 30 heavy (non-hydrogen) atoms. The highest BCUT2D eigenvalue weighted by Gasteiger charge is 2.66. The molecule has 2 unspecified atom stereocenters. The molecule has 1 aliphatic carbocycles. The SMILES string of the molecule is CC1(c2cccc(NS(C)(=O)=O)c2)C2CN(C(=O)CCc3ccc(Cl)c(Cl)c3)CC21. The highest BCUT2D eigenvalue weighted by atomic mass is 35.5. The van der Waals surface area contributed by atoms with E-state index in [-0.39, 0.29) is 11.3 Å². The first-order chi connectivity index (χ1) is 14.1. The Hall–Kier alpha value is -1.76. The fourth-order valence-electron chi connectivity index (χ4n) is 4.75. The zero-order valence-electron chi connectivity index (χ0n) is 16.9. The monoisotopic (exact) mass is 466 g/mol.